The molecule has 96 valence electrons. The summed E-state index contributed by atoms with van der Waals surface area (Å²) in [6.45, 7) is 3.27. The van der Waals surface area contributed by atoms with Crippen LogP contribution in [0.3, 0.4) is 0 Å². The number of nitrogens with two attached hydrogens (primary N) is 1. The highest BCUT2D eigenvalue weighted by atomic mass is 16.2. The molecule has 3 N–H and O–H groups in total. The summed E-state index contributed by atoms with van der Waals surface area (Å²) in [5.41, 5.74) is 5.89. The molecule has 1 aliphatic heterocycles. The Balaban J connectivity index is 1.90. The molecule has 18 heavy (non-hydrogen) atoms. The van der Waals surface area contributed by atoms with Crippen LogP contribution in [0, 0.1) is 0 Å². The number of nitrogens with one attached hydrogen (secondary N) is 1. The van der Waals surface area contributed by atoms with Crippen LogP contribution in [0.1, 0.15) is 10.4 Å². The lowest BCUT2D eigenvalue weighted by Crippen LogP contribution is -3.15. The second kappa shape index (κ2) is 5.64. The molecular weight excluding hydrogens is 230 g/mol. The molecule has 1 saturated heterocycles. The Labute approximate surface area is 106 Å². The minimum Gasteiger partial charge on any atom is -0.365 e. The molecule has 0 saturated carbocycles. The van der Waals surface area contributed by atoms with E-state index in [9.17, 15) is 9.59 Å². The first kappa shape index (κ1) is 12.6. The number of amides is 2. The molecular formula is C13H18N3O2+. The smallest absolute Gasteiger partial charge is 0.272 e. The van der Waals surface area contributed by atoms with Crippen LogP contribution >= 0.6 is 0 Å². The van der Waals surface area contributed by atoms with Gasteiger partial charge in [0.2, 0.25) is 0 Å². The van der Waals surface area contributed by atoms with Gasteiger partial charge in [0, 0.05) is 5.56 Å². The zero-order chi connectivity index (χ0) is 13.0. The third-order valence-electron chi connectivity index (χ3n) is 3.20. The molecule has 0 spiro atoms. The van der Waals surface area contributed by atoms with E-state index in [2.05, 4.69) is 0 Å². The van der Waals surface area contributed by atoms with E-state index >= 15 is 0 Å². The fourth-order valence-electron chi connectivity index (χ4n) is 2.21. The molecule has 2 amide bonds. The molecule has 0 atom stereocenters. The Hall–Kier alpha value is -1.88. The lowest BCUT2D eigenvalue weighted by molar-refractivity contribution is -0.895. The van der Waals surface area contributed by atoms with Crippen LogP contribution in [0.15, 0.2) is 30.3 Å². The first-order valence-electron chi connectivity index (χ1n) is 6.13. The highest BCUT2D eigenvalue weighted by molar-refractivity contribution is 5.94. The van der Waals surface area contributed by atoms with E-state index in [0.29, 0.717) is 19.6 Å². The summed E-state index contributed by atoms with van der Waals surface area (Å²) in [5, 5.41) is 0. The standard InChI is InChI=1S/C13H17N3O2/c14-12(17)10-15-6-8-16(9-7-15)13(18)11-4-2-1-3-5-11/h1-5H,6-10H2,(H2,14,17)/p+1. The molecule has 1 aromatic rings. The summed E-state index contributed by atoms with van der Waals surface area (Å²) in [6, 6.07) is 9.27. The second-order valence-electron chi connectivity index (χ2n) is 4.55. The number of piperazine rings is 1. The van der Waals surface area contributed by atoms with E-state index in [4.69, 9.17) is 5.73 Å². The number of hydrogen-bond donors (Lipinski definition) is 2. The van der Waals surface area contributed by atoms with Crippen LogP contribution < -0.4 is 10.6 Å². The fourth-order valence-corrected chi connectivity index (χ4v) is 2.21. The van der Waals surface area contributed by atoms with Crippen LogP contribution in [0.4, 0.5) is 0 Å². The van der Waals surface area contributed by atoms with Crippen LogP contribution in [-0.2, 0) is 4.79 Å². The molecule has 1 aromatic carbocycles. The minimum absolute atomic E-state index is 0.0636. The molecule has 1 aliphatic rings. The number of nitrogens with zero attached hydrogens (tertiary/aromatic N) is 1. The number of carbonyl (C=O) groups excluding carboxylic acids is 2. The molecule has 2 rings (SSSR count). The molecule has 0 radical (unpaired) electrons. The number of hydrogen-bond acceptors (Lipinski definition) is 2. The van der Waals surface area contributed by atoms with Gasteiger partial charge >= 0.3 is 0 Å². The maximum Gasteiger partial charge on any atom is 0.272 e. The Morgan fingerprint density at radius 1 is 1.17 bits per heavy atom. The Bertz CT molecular complexity index is 425. The van der Waals surface area contributed by atoms with E-state index in [-0.39, 0.29) is 11.8 Å². The summed E-state index contributed by atoms with van der Waals surface area (Å²) in [7, 11) is 0. The summed E-state index contributed by atoms with van der Waals surface area (Å²) in [4.78, 5) is 26.0. The number of quaternary nitrogens is 1. The van der Waals surface area contributed by atoms with Gasteiger partial charge in [0.1, 0.15) is 0 Å². The van der Waals surface area contributed by atoms with Crippen molar-refractivity contribution in [2.75, 3.05) is 32.7 Å². The van der Waals surface area contributed by atoms with Crippen LogP contribution in [0.2, 0.25) is 0 Å². The van der Waals surface area contributed by atoms with E-state index in [1.807, 2.05) is 35.2 Å². The Morgan fingerprint density at radius 3 is 2.33 bits per heavy atom. The summed E-state index contributed by atoms with van der Waals surface area (Å²) in [6.07, 6.45) is 0. The number of rotatable bonds is 3. The van der Waals surface area contributed by atoms with Gasteiger partial charge in [-0.25, -0.2) is 0 Å². The Morgan fingerprint density at radius 2 is 1.78 bits per heavy atom. The average molecular weight is 248 g/mol. The fraction of sp³-hybridized carbons (Fsp3) is 0.385. The maximum atomic E-state index is 12.2. The van der Waals surface area contributed by atoms with Gasteiger partial charge in [-0.05, 0) is 12.1 Å². The first-order chi connectivity index (χ1) is 8.66. The molecule has 0 unspecified atom stereocenters. The lowest BCUT2D eigenvalue weighted by atomic mass is 10.2. The molecule has 0 aromatic heterocycles. The van der Waals surface area contributed by atoms with E-state index in [1.54, 1.807) is 0 Å². The highest BCUT2D eigenvalue weighted by Crippen LogP contribution is 2.04. The number of primary amides is 1. The molecule has 1 fully saturated rings. The third-order valence-corrected chi connectivity index (χ3v) is 3.20. The van der Waals surface area contributed by atoms with Crippen molar-refractivity contribution in [1.82, 2.24) is 4.90 Å². The van der Waals surface area contributed by atoms with Crippen LogP contribution in [0.25, 0.3) is 0 Å². The summed E-state index contributed by atoms with van der Waals surface area (Å²) in [5.74, 6) is -0.221. The van der Waals surface area contributed by atoms with Crippen molar-refractivity contribution in [3.05, 3.63) is 35.9 Å². The van der Waals surface area contributed by atoms with Gasteiger partial charge in [-0.2, -0.15) is 0 Å². The van der Waals surface area contributed by atoms with Gasteiger partial charge in [-0.1, -0.05) is 18.2 Å². The number of benzene rings is 1. The quantitative estimate of drug-likeness (QED) is 0.684. The van der Waals surface area contributed by atoms with Gasteiger partial charge in [0.15, 0.2) is 6.54 Å². The van der Waals surface area contributed by atoms with E-state index < -0.39 is 0 Å². The van der Waals surface area contributed by atoms with Gasteiger partial charge in [0.05, 0.1) is 26.2 Å². The maximum absolute atomic E-state index is 12.2. The van der Waals surface area contributed by atoms with Crippen molar-refractivity contribution in [2.24, 2.45) is 5.73 Å². The molecule has 1 heterocycles. The highest BCUT2D eigenvalue weighted by Gasteiger charge is 2.24. The predicted octanol–water partition coefficient (Wildman–Crippen LogP) is -1.49. The van der Waals surface area contributed by atoms with Crippen LogP contribution in [0.5, 0.6) is 0 Å². The van der Waals surface area contributed by atoms with Crippen molar-refractivity contribution in [3.8, 4) is 0 Å². The average Bonchev–Trinajstić information content (AvgIpc) is 2.39. The monoisotopic (exact) mass is 248 g/mol. The lowest BCUT2D eigenvalue weighted by Gasteiger charge is -2.31. The van der Waals surface area contributed by atoms with Crippen molar-refractivity contribution in [3.63, 3.8) is 0 Å². The number of carbonyl (C=O) groups is 2. The SMILES string of the molecule is NC(=O)C[NH+]1CCN(C(=O)c2ccccc2)CC1. The second-order valence-corrected chi connectivity index (χ2v) is 4.55. The Kier molecular flexibility index (Phi) is 3.94. The predicted molar refractivity (Wildman–Crippen MR) is 67.1 cm³/mol. The zero-order valence-electron chi connectivity index (χ0n) is 10.3. The largest absolute Gasteiger partial charge is 0.365 e. The van der Waals surface area contributed by atoms with Crippen molar-refractivity contribution < 1.29 is 14.5 Å². The van der Waals surface area contributed by atoms with E-state index in [0.717, 1.165) is 23.6 Å². The van der Waals surface area contributed by atoms with Crippen molar-refractivity contribution in [1.29, 1.82) is 0 Å². The van der Waals surface area contributed by atoms with Gasteiger partial charge in [0.25, 0.3) is 11.8 Å². The molecule has 5 nitrogen and oxygen atoms in total. The molecule has 0 bridgehead atoms. The topological polar surface area (TPSA) is 67.8 Å². The molecule has 0 aliphatic carbocycles. The van der Waals surface area contributed by atoms with Crippen molar-refractivity contribution in [2.45, 2.75) is 0 Å². The minimum atomic E-state index is -0.284. The zero-order valence-corrected chi connectivity index (χ0v) is 10.3. The third kappa shape index (κ3) is 3.07. The first-order valence-corrected chi connectivity index (χ1v) is 6.13. The van der Waals surface area contributed by atoms with E-state index in [1.165, 1.54) is 0 Å². The van der Waals surface area contributed by atoms with Crippen molar-refractivity contribution >= 4 is 11.8 Å². The summed E-state index contributed by atoms with van der Waals surface area (Å²) < 4.78 is 0. The van der Waals surface area contributed by atoms with Crippen LogP contribution in [-0.4, -0.2) is 49.4 Å². The van der Waals surface area contributed by atoms with Gasteiger partial charge < -0.3 is 15.5 Å². The molecule has 5 heteroatoms. The normalized spacial score (nSPS) is 16.6. The van der Waals surface area contributed by atoms with Gasteiger partial charge in [-0.15, -0.1) is 0 Å². The van der Waals surface area contributed by atoms with Gasteiger partial charge in [-0.3, -0.25) is 9.59 Å². The summed E-state index contributed by atoms with van der Waals surface area (Å²) >= 11 is 0.